The van der Waals surface area contributed by atoms with Crippen molar-refractivity contribution in [2.24, 2.45) is 0 Å². The number of fused-ring (bicyclic) bond motifs is 1. The number of anilines is 3. The maximum Gasteiger partial charge on any atom is 0.318 e. The first kappa shape index (κ1) is 26.8. The Balaban J connectivity index is 1.24. The number of nitrogens with zero attached hydrogens (tertiary/aromatic N) is 4. The zero-order chi connectivity index (χ0) is 27.9. The fourth-order valence-corrected chi connectivity index (χ4v) is 4.18. The van der Waals surface area contributed by atoms with Crippen molar-refractivity contribution in [3.05, 3.63) is 90.4 Å². The first-order chi connectivity index (χ1) is 19.4. The molecule has 0 bridgehead atoms. The molecule has 40 heavy (non-hydrogen) atoms. The molecule has 0 aliphatic carbocycles. The molecule has 5 rings (SSSR count). The summed E-state index contributed by atoms with van der Waals surface area (Å²) in [6, 6.07) is 23.4. The molecular weight excluding hydrogens is 509 g/mol. The molecule has 204 valence electrons. The van der Waals surface area contributed by atoms with Crippen molar-refractivity contribution >= 4 is 34.1 Å². The van der Waals surface area contributed by atoms with E-state index in [1.54, 1.807) is 18.2 Å². The standard InChI is InChI=1S/C30H30FN7O2/c1-38(2)15-6-16-40-30-32-19-25(31)29(35-30)33-23-13-14-26-24(18-23)28(37-36-26)34-27(39)17-20-9-11-22(12-10-20)21-7-4-3-5-8-21/h3-5,7-14,18-19H,6,15-17H2,1-2H3,(H,32,33,35)(H2,34,36,37,39). The van der Waals surface area contributed by atoms with Crippen LogP contribution in [0.2, 0.25) is 0 Å². The highest BCUT2D eigenvalue weighted by molar-refractivity contribution is 6.01. The first-order valence-electron chi connectivity index (χ1n) is 12.9. The average Bonchev–Trinajstić information content (AvgIpc) is 3.35. The van der Waals surface area contributed by atoms with Crippen molar-refractivity contribution in [1.82, 2.24) is 25.1 Å². The van der Waals surface area contributed by atoms with E-state index in [0.717, 1.165) is 41.4 Å². The van der Waals surface area contributed by atoms with E-state index in [0.29, 0.717) is 23.5 Å². The molecule has 9 nitrogen and oxygen atoms in total. The summed E-state index contributed by atoms with van der Waals surface area (Å²) < 4.78 is 20.0. The molecule has 0 aliphatic rings. The minimum absolute atomic E-state index is 0.00927. The molecule has 10 heteroatoms. The largest absolute Gasteiger partial charge is 0.463 e. The van der Waals surface area contributed by atoms with Crippen LogP contribution in [0.1, 0.15) is 12.0 Å². The van der Waals surface area contributed by atoms with Crippen LogP contribution in [0.15, 0.2) is 79.0 Å². The Morgan fingerprint density at radius 3 is 2.55 bits per heavy atom. The van der Waals surface area contributed by atoms with E-state index >= 15 is 0 Å². The lowest BCUT2D eigenvalue weighted by Gasteiger charge is -2.11. The number of halogens is 1. The Morgan fingerprint density at radius 2 is 1.77 bits per heavy atom. The van der Waals surface area contributed by atoms with Crippen LogP contribution in [0, 0.1) is 5.82 Å². The van der Waals surface area contributed by atoms with E-state index in [1.165, 1.54) is 0 Å². The third-order valence-corrected chi connectivity index (χ3v) is 6.21. The predicted octanol–water partition coefficient (Wildman–Crippen LogP) is 5.41. The summed E-state index contributed by atoms with van der Waals surface area (Å²) in [6.45, 7) is 1.28. The molecule has 5 aromatic rings. The van der Waals surface area contributed by atoms with Gasteiger partial charge in [-0.05, 0) is 55.4 Å². The molecular formula is C30H30FN7O2. The highest BCUT2D eigenvalue weighted by Gasteiger charge is 2.13. The number of rotatable bonds is 11. The number of H-pyrrole nitrogens is 1. The molecule has 2 aromatic heterocycles. The summed E-state index contributed by atoms with van der Waals surface area (Å²) >= 11 is 0. The predicted molar refractivity (Wildman–Crippen MR) is 154 cm³/mol. The zero-order valence-corrected chi connectivity index (χ0v) is 22.3. The van der Waals surface area contributed by atoms with Gasteiger partial charge in [-0.25, -0.2) is 9.37 Å². The Labute approximate surface area is 231 Å². The Kier molecular flexibility index (Phi) is 8.26. The molecule has 0 radical (unpaired) electrons. The average molecular weight is 540 g/mol. The molecule has 3 aromatic carbocycles. The van der Waals surface area contributed by atoms with E-state index in [-0.39, 0.29) is 24.2 Å². The second kappa shape index (κ2) is 12.4. The summed E-state index contributed by atoms with van der Waals surface area (Å²) in [6.07, 6.45) is 2.07. The van der Waals surface area contributed by atoms with Gasteiger partial charge in [-0.2, -0.15) is 10.1 Å². The van der Waals surface area contributed by atoms with Gasteiger partial charge in [0.05, 0.1) is 24.7 Å². The molecule has 0 saturated heterocycles. The second-order valence-corrected chi connectivity index (χ2v) is 9.60. The second-order valence-electron chi connectivity index (χ2n) is 9.60. The third-order valence-electron chi connectivity index (χ3n) is 6.21. The van der Waals surface area contributed by atoms with Gasteiger partial charge in [-0.15, -0.1) is 0 Å². The summed E-state index contributed by atoms with van der Waals surface area (Å²) in [5.41, 5.74) is 4.39. The fourth-order valence-electron chi connectivity index (χ4n) is 4.18. The van der Waals surface area contributed by atoms with Crippen LogP contribution in [0.25, 0.3) is 22.0 Å². The van der Waals surface area contributed by atoms with Gasteiger partial charge in [0.2, 0.25) is 5.91 Å². The van der Waals surface area contributed by atoms with Crippen LogP contribution >= 0.6 is 0 Å². The maximum absolute atomic E-state index is 14.5. The molecule has 0 aliphatic heterocycles. The van der Waals surface area contributed by atoms with Crippen LogP contribution in [0.3, 0.4) is 0 Å². The molecule has 0 saturated carbocycles. The van der Waals surface area contributed by atoms with Crippen molar-refractivity contribution in [3.63, 3.8) is 0 Å². The van der Waals surface area contributed by atoms with E-state index < -0.39 is 5.82 Å². The first-order valence-corrected chi connectivity index (χ1v) is 12.9. The minimum atomic E-state index is -0.611. The van der Waals surface area contributed by atoms with Gasteiger partial charge in [-0.3, -0.25) is 9.89 Å². The number of amides is 1. The van der Waals surface area contributed by atoms with E-state index in [4.69, 9.17) is 4.74 Å². The van der Waals surface area contributed by atoms with E-state index in [9.17, 15) is 9.18 Å². The number of aromatic amines is 1. The minimum Gasteiger partial charge on any atom is -0.463 e. The molecule has 0 unspecified atom stereocenters. The van der Waals surface area contributed by atoms with Crippen LogP contribution in [-0.2, 0) is 11.2 Å². The summed E-state index contributed by atoms with van der Waals surface area (Å²) in [4.78, 5) is 23.0. The van der Waals surface area contributed by atoms with Gasteiger partial charge < -0.3 is 20.3 Å². The van der Waals surface area contributed by atoms with E-state index in [1.807, 2.05) is 73.6 Å². The molecule has 2 heterocycles. The van der Waals surface area contributed by atoms with Crippen molar-refractivity contribution in [1.29, 1.82) is 0 Å². The number of nitrogens with one attached hydrogen (secondary N) is 3. The number of carbonyl (C=O) groups excluding carboxylic acids is 1. The molecule has 0 atom stereocenters. The number of ether oxygens (including phenoxy) is 1. The van der Waals surface area contributed by atoms with Crippen LogP contribution in [0.4, 0.5) is 21.7 Å². The van der Waals surface area contributed by atoms with Gasteiger partial charge in [0.25, 0.3) is 0 Å². The van der Waals surface area contributed by atoms with Crippen LogP contribution in [0.5, 0.6) is 6.01 Å². The van der Waals surface area contributed by atoms with Crippen LogP contribution in [-0.4, -0.2) is 58.2 Å². The lowest BCUT2D eigenvalue weighted by Crippen LogP contribution is -2.16. The number of aromatic nitrogens is 4. The molecule has 0 spiro atoms. The van der Waals surface area contributed by atoms with Crippen molar-refractivity contribution in [3.8, 4) is 17.1 Å². The van der Waals surface area contributed by atoms with Gasteiger partial charge in [0, 0.05) is 17.6 Å². The zero-order valence-electron chi connectivity index (χ0n) is 22.3. The Hall–Kier alpha value is -4.83. The van der Waals surface area contributed by atoms with E-state index in [2.05, 4.69) is 30.8 Å². The number of benzene rings is 3. The summed E-state index contributed by atoms with van der Waals surface area (Å²) in [5.74, 6) is -0.431. The van der Waals surface area contributed by atoms with Gasteiger partial charge in [0.1, 0.15) is 0 Å². The fraction of sp³-hybridized carbons (Fsp3) is 0.200. The Bertz CT molecular complexity index is 1590. The number of hydrogen-bond acceptors (Lipinski definition) is 7. The highest BCUT2D eigenvalue weighted by atomic mass is 19.1. The van der Waals surface area contributed by atoms with Crippen molar-refractivity contribution in [2.45, 2.75) is 12.8 Å². The lowest BCUT2D eigenvalue weighted by molar-refractivity contribution is -0.115. The Morgan fingerprint density at radius 1 is 1.00 bits per heavy atom. The molecule has 3 N–H and O–H groups in total. The quantitative estimate of drug-likeness (QED) is 0.193. The van der Waals surface area contributed by atoms with Crippen molar-refractivity contribution in [2.75, 3.05) is 37.9 Å². The van der Waals surface area contributed by atoms with Gasteiger partial charge >= 0.3 is 6.01 Å². The SMILES string of the molecule is CN(C)CCCOc1ncc(F)c(Nc2ccc3[nH]nc(NC(=O)Cc4ccc(-c5ccccc5)cc4)c3c2)n1. The lowest BCUT2D eigenvalue weighted by atomic mass is 10.0. The smallest absolute Gasteiger partial charge is 0.318 e. The molecule has 0 fully saturated rings. The third kappa shape index (κ3) is 6.78. The van der Waals surface area contributed by atoms with Crippen LogP contribution < -0.4 is 15.4 Å². The monoisotopic (exact) mass is 539 g/mol. The molecule has 1 amide bonds. The van der Waals surface area contributed by atoms with Gasteiger partial charge in [-0.1, -0.05) is 54.6 Å². The topological polar surface area (TPSA) is 108 Å². The van der Waals surface area contributed by atoms with Gasteiger partial charge in [0.15, 0.2) is 17.5 Å². The number of hydrogen-bond donors (Lipinski definition) is 3. The highest BCUT2D eigenvalue weighted by Crippen LogP contribution is 2.27. The maximum atomic E-state index is 14.5. The summed E-state index contributed by atoms with van der Waals surface area (Å²) in [7, 11) is 3.96. The van der Waals surface area contributed by atoms with Crippen molar-refractivity contribution < 1.29 is 13.9 Å². The number of carbonyl (C=O) groups is 1. The normalized spacial score (nSPS) is 11.1. The summed E-state index contributed by atoms with van der Waals surface area (Å²) in [5, 5.41) is 13.7.